The van der Waals surface area contributed by atoms with Crippen molar-refractivity contribution in [1.29, 1.82) is 0 Å². The first-order valence-corrected chi connectivity index (χ1v) is 11.1. The molecule has 0 aliphatic rings. The molecule has 5 amide bonds. The summed E-state index contributed by atoms with van der Waals surface area (Å²) >= 11 is 0. The molecule has 0 aliphatic carbocycles. The lowest BCUT2D eigenvalue weighted by Gasteiger charge is -2.29. The SMILES string of the molecule is CC(CC(C)(C)C)[C@H](OC(N)=O)C(=O)N[C@@H](CCCNC(N)=O)C(=O)Nc1ccc(CO)cc1. The molecular formula is C23H37N5O6. The van der Waals surface area contributed by atoms with Gasteiger partial charge in [-0.3, -0.25) is 9.59 Å². The van der Waals surface area contributed by atoms with Crippen molar-refractivity contribution in [3.8, 4) is 0 Å². The van der Waals surface area contributed by atoms with Crippen LogP contribution in [-0.4, -0.2) is 47.7 Å². The Kier molecular flexibility index (Phi) is 11.3. The van der Waals surface area contributed by atoms with Gasteiger partial charge in [-0.15, -0.1) is 0 Å². The molecule has 0 saturated carbocycles. The van der Waals surface area contributed by atoms with Gasteiger partial charge in [0.1, 0.15) is 6.04 Å². The number of nitrogens with two attached hydrogens (primary N) is 2. The first kappa shape index (κ1) is 28.7. The summed E-state index contributed by atoms with van der Waals surface area (Å²) in [7, 11) is 0. The largest absolute Gasteiger partial charge is 0.436 e. The van der Waals surface area contributed by atoms with Crippen molar-refractivity contribution < 1.29 is 29.0 Å². The van der Waals surface area contributed by atoms with Crippen LogP contribution in [0.15, 0.2) is 24.3 Å². The molecule has 0 aromatic heterocycles. The van der Waals surface area contributed by atoms with Gasteiger partial charge in [0.15, 0.2) is 6.10 Å². The Bertz CT molecular complexity index is 837. The maximum absolute atomic E-state index is 13.1. The summed E-state index contributed by atoms with van der Waals surface area (Å²) < 4.78 is 5.10. The van der Waals surface area contributed by atoms with Crippen LogP contribution in [0, 0.1) is 11.3 Å². The zero-order valence-corrected chi connectivity index (χ0v) is 20.2. The van der Waals surface area contributed by atoms with Gasteiger partial charge in [0.25, 0.3) is 5.91 Å². The fourth-order valence-corrected chi connectivity index (χ4v) is 3.59. The number of carbonyl (C=O) groups excluding carboxylic acids is 4. The van der Waals surface area contributed by atoms with Crippen LogP contribution in [0.25, 0.3) is 0 Å². The Balaban J connectivity index is 3.00. The monoisotopic (exact) mass is 479 g/mol. The molecule has 0 heterocycles. The highest BCUT2D eigenvalue weighted by molar-refractivity contribution is 5.98. The van der Waals surface area contributed by atoms with Crippen LogP contribution in [0.2, 0.25) is 0 Å². The Morgan fingerprint density at radius 1 is 1.06 bits per heavy atom. The van der Waals surface area contributed by atoms with E-state index in [4.69, 9.17) is 21.3 Å². The van der Waals surface area contributed by atoms with E-state index < -0.39 is 36.1 Å². The summed E-state index contributed by atoms with van der Waals surface area (Å²) in [6.07, 6.45) is -1.17. The second kappa shape index (κ2) is 13.4. The zero-order chi connectivity index (χ0) is 25.9. The Hall–Kier alpha value is -3.34. The molecule has 0 fully saturated rings. The van der Waals surface area contributed by atoms with Crippen molar-refractivity contribution in [2.75, 3.05) is 11.9 Å². The van der Waals surface area contributed by atoms with Crippen molar-refractivity contribution >= 4 is 29.6 Å². The molecule has 1 aromatic rings. The van der Waals surface area contributed by atoms with Crippen molar-refractivity contribution in [2.45, 2.75) is 65.7 Å². The minimum atomic E-state index is -1.18. The van der Waals surface area contributed by atoms with Crippen molar-refractivity contribution in [2.24, 2.45) is 22.8 Å². The second-order valence-electron chi connectivity index (χ2n) is 9.44. The van der Waals surface area contributed by atoms with E-state index in [0.29, 0.717) is 24.1 Å². The van der Waals surface area contributed by atoms with E-state index in [9.17, 15) is 19.2 Å². The van der Waals surface area contributed by atoms with Crippen LogP contribution in [0.5, 0.6) is 0 Å². The van der Waals surface area contributed by atoms with Gasteiger partial charge in [-0.05, 0) is 42.4 Å². The van der Waals surface area contributed by atoms with E-state index in [1.54, 1.807) is 31.2 Å². The van der Waals surface area contributed by atoms with Crippen LogP contribution < -0.4 is 27.4 Å². The van der Waals surface area contributed by atoms with Gasteiger partial charge in [-0.1, -0.05) is 39.8 Å². The van der Waals surface area contributed by atoms with Crippen molar-refractivity contribution in [3.63, 3.8) is 0 Å². The molecule has 8 N–H and O–H groups in total. The van der Waals surface area contributed by atoms with E-state index >= 15 is 0 Å². The quantitative estimate of drug-likeness (QED) is 0.247. The summed E-state index contributed by atoms with van der Waals surface area (Å²) in [5, 5.41) is 17.0. The Labute approximate surface area is 200 Å². The number of aliphatic hydroxyl groups is 1. The van der Waals surface area contributed by atoms with Crippen LogP contribution in [0.1, 0.15) is 52.5 Å². The average molecular weight is 480 g/mol. The van der Waals surface area contributed by atoms with Gasteiger partial charge in [-0.25, -0.2) is 9.59 Å². The molecule has 190 valence electrons. The number of ether oxygens (including phenoxy) is 1. The predicted molar refractivity (Wildman–Crippen MR) is 127 cm³/mol. The molecule has 0 saturated heterocycles. The molecule has 11 heteroatoms. The molecule has 1 rings (SSSR count). The Morgan fingerprint density at radius 3 is 2.18 bits per heavy atom. The number of amides is 5. The summed E-state index contributed by atoms with van der Waals surface area (Å²) in [6.45, 7) is 7.83. The summed E-state index contributed by atoms with van der Waals surface area (Å²) in [6, 6.07) is 4.89. The highest BCUT2D eigenvalue weighted by Gasteiger charge is 2.33. The van der Waals surface area contributed by atoms with Crippen LogP contribution in [-0.2, 0) is 20.9 Å². The van der Waals surface area contributed by atoms with E-state index in [0.717, 1.165) is 0 Å². The molecule has 1 aromatic carbocycles. The molecule has 0 aliphatic heterocycles. The number of rotatable bonds is 12. The maximum atomic E-state index is 13.1. The number of urea groups is 1. The lowest BCUT2D eigenvalue weighted by molar-refractivity contribution is -0.135. The van der Waals surface area contributed by atoms with E-state index in [-0.39, 0.29) is 30.9 Å². The van der Waals surface area contributed by atoms with Gasteiger partial charge in [0, 0.05) is 18.2 Å². The molecule has 0 spiro atoms. The van der Waals surface area contributed by atoms with Crippen LogP contribution >= 0.6 is 0 Å². The molecule has 0 bridgehead atoms. The standard InChI is InChI=1S/C23H37N5O6/c1-14(12-23(2,3)4)18(34-22(25)33)20(31)28-17(6-5-11-26-21(24)32)19(30)27-16-9-7-15(13-29)8-10-16/h7-10,14,17-18,29H,5-6,11-13H2,1-4H3,(H2,25,33)(H,27,30)(H,28,31)(H3,24,26,32)/t14?,17-,18-/m0/s1. The summed E-state index contributed by atoms with van der Waals surface area (Å²) in [4.78, 5) is 48.4. The number of primary amides is 2. The first-order valence-electron chi connectivity index (χ1n) is 11.1. The lowest BCUT2D eigenvalue weighted by Crippen LogP contribution is -2.51. The zero-order valence-electron chi connectivity index (χ0n) is 20.2. The first-order chi connectivity index (χ1) is 15.8. The van der Waals surface area contributed by atoms with Gasteiger partial charge in [0.2, 0.25) is 5.91 Å². The maximum Gasteiger partial charge on any atom is 0.405 e. The minimum absolute atomic E-state index is 0.131. The average Bonchev–Trinajstić information content (AvgIpc) is 2.72. The highest BCUT2D eigenvalue weighted by atomic mass is 16.6. The van der Waals surface area contributed by atoms with Gasteiger partial charge < -0.3 is 37.3 Å². The number of anilines is 1. The molecular weight excluding hydrogens is 442 g/mol. The molecule has 1 unspecified atom stereocenters. The van der Waals surface area contributed by atoms with E-state index in [1.807, 2.05) is 20.8 Å². The van der Waals surface area contributed by atoms with Gasteiger partial charge in [0.05, 0.1) is 6.61 Å². The third kappa shape index (κ3) is 11.0. The van der Waals surface area contributed by atoms with E-state index in [2.05, 4.69) is 16.0 Å². The van der Waals surface area contributed by atoms with Gasteiger partial charge in [-0.2, -0.15) is 0 Å². The smallest absolute Gasteiger partial charge is 0.405 e. The third-order valence-corrected chi connectivity index (χ3v) is 4.96. The third-order valence-electron chi connectivity index (χ3n) is 4.96. The fourth-order valence-electron chi connectivity index (χ4n) is 3.59. The number of nitrogens with one attached hydrogen (secondary N) is 3. The molecule has 3 atom stereocenters. The van der Waals surface area contributed by atoms with Crippen molar-refractivity contribution in [3.05, 3.63) is 29.8 Å². The Morgan fingerprint density at radius 2 is 1.68 bits per heavy atom. The number of hydrogen-bond donors (Lipinski definition) is 6. The molecule has 11 nitrogen and oxygen atoms in total. The number of benzene rings is 1. The summed E-state index contributed by atoms with van der Waals surface area (Å²) in [5.74, 6) is -1.50. The van der Waals surface area contributed by atoms with Crippen LogP contribution in [0.3, 0.4) is 0 Å². The fraction of sp³-hybridized carbons (Fsp3) is 0.565. The number of hydrogen-bond acceptors (Lipinski definition) is 6. The van der Waals surface area contributed by atoms with E-state index in [1.165, 1.54) is 0 Å². The topological polar surface area (TPSA) is 186 Å². The highest BCUT2D eigenvalue weighted by Crippen LogP contribution is 2.27. The minimum Gasteiger partial charge on any atom is -0.436 e. The number of aliphatic hydroxyl groups excluding tert-OH is 1. The normalized spacial score (nSPS) is 13.8. The molecule has 0 radical (unpaired) electrons. The van der Waals surface area contributed by atoms with Crippen LogP contribution in [0.4, 0.5) is 15.3 Å². The van der Waals surface area contributed by atoms with Crippen molar-refractivity contribution in [1.82, 2.24) is 10.6 Å². The second-order valence-corrected chi connectivity index (χ2v) is 9.44. The number of carbonyl (C=O) groups is 4. The summed E-state index contributed by atoms with van der Waals surface area (Å²) in [5.41, 5.74) is 11.3. The predicted octanol–water partition coefficient (Wildman–Crippen LogP) is 1.59. The molecule has 34 heavy (non-hydrogen) atoms. The lowest BCUT2D eigenvalue weighted by atomic mass is 9.83. The van der Waals surface area contributed by atoms with Gasteiger partial charge >= 0.3 is 12.1 Å².